The molecule has 8 heteroatoms. The Hall–Kier alpha value is -1.21. The molecule has 0 saturated carbocycles. The van der Waals surface area contributed by atoms with Crippen LogP contribution in [0.4, 0.5) is 4.39 Å². The Labute approximate surface area is 141 Å². The molecule has 1 atom stereocenters. The Balaban J connectivity index is 0.00000220. The van der Waals surface area contributed by atoms with Crippen molar-refractivity contribution in [2.75, 3.05) is 6.54 Å². The number of hydrogen-bond donors (Lipinski definition) is 1. The van der Waals surface area contributed by atoms with Gasteiger partial charge in [0.15, 0.2) is 9.84 Å². The third kappa shape index (κ3) is 4.16. The Morgan fingerprint density at radius 3 is 2.45 bits per heavy atom. The first-order valence-electron chi connectivity index (χ1n) is 6.07. The molecule has 2 aromatic rings. The van der Waals surface area contributed by atoms with Crippen LogP contribution in [0.1, 0.15) is 16.4 Å². The van der Waals surface area contributed by atoms with Crippen LogP contribution in [0.15, 0.2) is 47.6 Å². The average Bonchev–Trinajstić information content (AvgIpc) is 2.43. The third-order valence-electron chi connectivity index (χ3n) is 3.10. The summed E-state index contributed by atoms with van der Waals surface area (Å²) in [5.74, 6) is -0.436. The van der Waals surface area contributed by atoms with Crippen molar-refractivity contribution in [3.63, 3.8) is 0 Å². The summed E-state index contributed by atoms with van der Waals surface area (Å²) >= 11 is 0. The van der Waals surface area contributed by atoms with E-state index in [0.29, 0.717) is 5.56 Å². The molecule has 1 heterocycles. The van der Waals surface area contributed by atoms with Crippen molar-refractivity contribution in [1.82, 2.24) is 4.98 Å². The van der Waals surface area contributed by atoms with Crippen LogP contribution in [0.3, 0.4) is 0 Å². The third-order valence-corrected chi connectivity index (χ3v) is 5.23. The van der Waals surface area contributed by atoms with Crippen molar-refractivity contribution in [2.24, 2.45) is 5.73 Å². The summed E-state index contributed by atoms with van der Waals surface area (Å²) < 4.78 is 38.5. The predicted octanol–water partition coefficient (Wildman–Crippen LogP) is 2.85. The van der Waals surface area contributed by atoms with E-state index in [1.165, 1.54) is 25.3 Å². The molecule has 0 saturated heterocycles. The number of aryl methyl sites for hydroxylation is 1. The van der Waals surface area contributed by atoms with E-state index in [1.807, 2.05) is 0 Å². The highest BCUT2D eigenvalue weighted by Gasteiger charge is 2.28. The minimum Gasteiger partial charge on any atom is -0.329 e. The molecule has 0 bridgehead atoms. The minimum absolute atomic E-state index is 0. The van der Waals surface area contributed by atoms with Gasteiger partial charge in [0.25, 0.3) is 0 Å². The van der Waals surface area contributed by atoms with Gasteiger partial charge in [0.05, 0.1) is 4.90 Å². The molecule has 0 radical (unpaired) electrons. The fourth-order valence-electron chi connectivity index (χ4n) is 1.97. The lowest BCUT2D eigenvalue weighted by Gasteiger charge is -2.16. The van der Waals surface area contributed by atoms with Gasteiger partial charge in [-0.2, -0.15) is 0 Å². The van der Waals surface area contributed by atoms with E-state index >= 15 is 0 Å². The van der Waals surface area contributed by atoms with Crippen LogP contribution < -0.4 is 5.73 Å². The summed E-state index contributed by atoms with van der Waals surface area (Å²) in [6.45, 7) is 1.46. The quantitative estimate of drug-likeness (QED) is 0.844. The number of aromatic nitrogens is 1. The molecule has 0 fully saturated rings. The van der Waals surface area contributed by atoms with Gasteiger partial charge in [-0.15, -0.1) is 24.8 Å². The van der Waals surface area contributed by atoms with Crippen LogP contribution in [-0.4, -0.2) is 19.9 Å². The maximum Gasteiger partial charge on any atom is 0.186 e. The zero-order valence-electron chi connectivity index (χ0n) is 11.8. The highest BCUT2D eigenvalue weighted by molar-refractivity contribution is 7.91. The zero-order valence-corrected chi connectivity index (χ0v) is 14.2. The number of nitrogens with zero attached hydrogens (tertiary/aromatic N) is 1. The van der Waals surface area contributed by atoms with E-state index in [0.717, 1.165) is 6.07 Å². The second-order valence-corrected chi connectivity index (χ2v) is 6.60. The van der Waals surface area contributed by atoms with Crippen LogP contribution >= 0.6 is 24.8 Å². The maximum atomic E-state index is 13.3. The molecule has 0 aliphatic heterocycles. The molecule has 1 unspecified atom stereocenters. The van der Waals surface area contributed by atoms with E-state index in [9.17, 15) is 12.8 Å². The number of hydrogen-bond acceptors (Lipinski definition) is 4. The highest BCUT2D eigenvalue weighted by atomic mass is 35.5. The monoisotopic (exact) mass is 366 g/mol. The van der Waals surface area contributed by atoms with Gasteiger partial charge in [0.1, 0.15) is 11.1 Å². The van der Waals surface area contributed by atoms with Crippen LogP contribution in [0.5, 0.6) is 0 Å². The zero-order chi connectivity index (χ0) is 14.8. The standard InChI is InChI=1S/C14H15FN2O2S.2ClH/c1-10-7-12(4-5-13(10)15)20(18,19)14(8-16)11-3-2-6-17-9-11;;/h2-7,9,14H,8,16H2,1H3;2*1H. The van der Waals surface area contributed by atoms with Crippen molar-refractivity contribution in [1.29, 1.82) is 0 Å². The van der Waals surface area contributed by atoms with Crippen molar-refractivity contribution in [2.45, 2.75) is 17.1 Å². The topological polar surface area (TPSA) is 73.0 Å². The molecule has 0 aliphatic carbocycles. The fraction of sp³-hybridized carbons (Fsp3) is 0.214. The largest absolute Gasteiger partial charge is 0.329 e. The van der Waals surface area contributed by atoms with Gasteiger partial charge in [-0.05, 0) is 42.3 Å². The van der Waals surface area contributed by atoms with Gasteiger partial charge in [0.2, 0.25) is 0 Å². The second-order valence-electron chi connectivity index (χ2n) is 4.47. The molecule has 0 aliphatic rings. The highest BCUT2D eigenvalue weighted by Crippen LogP contribution is 2.28. The Morgan fingerprint density at radius 1 is 1.27 bits per heavy atom. The summed E-state index contributed by atoms with van der Waals surface area (Å²) in [7, 11) is -3.68. The molecular weight excluding hydrogens is 350 g/mol. The fourth-order valence-corrected chi connectivity index (χ4v) is 3.65. The predicted molar refractivity (Wildman–Crippen MR) is 88.9 cm³/mol. The van der Waals surface area contributed by atoms with E-state index in [1.54, 1.807) is 18.3 Å². The molecule has 1 aromatic heterocycles. The maximum absolute atomic E-state index is 13.3. The molecule has 122 valence electrons. The van der Waals surface area contributed by atoms with Crippen molar-refractivity contribution >= 4 is 34.7 Å². The van der Waals surface area contributed by atoms with Gasteiger partial charge < -0.3 is 5.73 Å². The van der Waals surface area contributed by atoms with Crippen LogP contribution in [0, 0.1) is 12.7 Å². The molecule has 2 rings (SSSR count). The number of nitrogens with two attached hydrogens (primary N) is 1. The Morgan fingerprint density at radius 2 is 1.95 bits per heavy atom. The van der Waals surface area contributed by atoms with E-state index in [2.05, 4.69) is 4.98 Å². The van der Waals surface area contributed by atoms with Gasteiger partial charge >= 0.3 is 0 Å². The number of benzene rings is 1. The molecule has 2 N–H and O–H groups in total. The number of rotatable bonds is 4. The average molecular weight is 367 g/mol. The smallest absolute Gasteiger partial charge is 0.186 e. The molecule has 0 spiro atoms. The van der Waals surface area contributed by atoms with Gasteiger partial charge in [-0.25, -0.2) is 12.8 Å². The van der Waals surface area contributed by atoms with Crippen LogP contribution in [0.25, 0.3) is 0 Å². The minimum atomic E-state index is -3.68. The number of halogens is 3. The lowest BCUT2D eigenvalue weighted by Crippen LogP contribution is -2.22. The second kappa shape index (κ2) is 8.43. The van der Waals surface area contributed by atoms with Crippen molar-refractivity contribution in [3.8, 4) is 0 Å². The Bertz CT molecular complexity index is 712. The van der Waals surface area contributed by atoms with Crippen molar-refractivity contribution in [3.05, 3.63) is 59.7 Å². The normalized spacial score (nSPS) is 12.0. The van der Waals surface area contributed by atoms with E-state index in [4.69, 9.17) is 5.73 Å². The lowest BCUT2D eigenvalue weighted by molar-refractivity contribution is 0.580. The van der Waals surface area contributed by atoms with E-state index in [-0.39, 0.29) is 41.8 Å². The molecular formula is C14H17Cl2FN2O2S. The first-order valence-corrected chi connectivity index (χ1v) is 7.61. The SMILES string of the molecule is Cc1cc(S(=O)(=O)C(CN)c2cccnc2)ccc1F.Cl.Cl. The first kappa shape index (κ1) is 20.8. The van der Waals surface area contributed by atoms with Gasteiger partial charge in [0, 0.05) is 18.9 Å². The van der Waals surface area contributed by atoms with Crippen molar-refractivity contribution < 1.29 is 12.8 Å². The number of sulfone groups is 1. The molecule has 0 amide bonds. The Kier molecular flexibility index (Phi) is 7.97. The lowest BCUT2D eigenvalue weighted by atomic mass is 10.2. The molecule has 1 aromatic carbocycles. The summed E-state index contributed by atoms with van der Waals surface area (Å²) in [6.07, 6.45) is 3.04. The molecule has 4 nitrogen and oxygen atoms in total. The molecule has 22 heavy (non-hydrogen) atoms. The van der Waals surface area contributed by atoms with E-state index < -0.39 is 20.9 Å². The first-order chi connectivity index (χ1) is 9.46. The summed E-state index contributed by atoms with van der Waals surface area (Å²) in [6, 6.07) is 7.06. The summed E-state index contributed by atoms with van der Waals surface area (Å²) in [5, 5.41) is -0.888. The van der Waals surface area contributed by atoms with Gasteiger partial charge in [-0.3, -0.25) is 4.98 Å². The van der Waals surface area contributed by atoms with Crippen LogP contribution in [-0.2, 0) is 9.84 Å². The summed E-state index contributed by atoms with van der Waals surface area (Å²) in [4.78, 5) is 3.98. The van der Waals surface area contributed by atoms with Gasteiger partial charge in [-0.1, -0.05) is 6.07 Å². The summed E-state index contributed by atoms with van der Waals surface area (Å²) in [5.41, 5.74) is 6.43. The number of pyridine rings is 1. The van der Waals surface area contributed by atoms with Crippen LogP contribution in [0.2, 0.25) is 0 Å².